The van der Waals surface area contributed by atoms with Gasteiger partial charge in [0.1, 0.15) is 12.2 Å². The Balaban J connectivity index is 2.06. The average molecular weight is 220 g/mol. The average Bonchev–Trinajstić information content (AvgIpc) is 2.99. The SMILES string of the molecule is CCC(COCC1CO1)O[Si](=O)OC. The molecule has 0 N–H and O–H groups in total. The Hall–Kier alpha value is -0.463. The molecule has 0 saturated carbocycles. The Kier molecular flexibility index (Phi) is 5.06. The molecule has 0 aromatic carbocycles. The lowest BCUT2D eigenvalue weighted by Gasteiger charge is -2.14. The van der Waals surface area contributed by atoms with Gasteiger partial charge in [0.2, 0.25) is 0 Å². The first kappa shape index (κ1) is 11.6. The summed E-state index contributed by atoms with van der Waals surface area (Å²) < 4.78 is 30.9. The molecule has 0 bridgehead atoms. The van der Waals surface area contributed by atoms with Gasteiger partial charge in [0.25, 0.3) is 0 Å². The van der Waals surface area contributed by atoms with E-state index in [1.165, 1.54) is 7.11 Å². The summed E-state index contributed by atoms with van der Waals surface area (Å²) >= 11 is 0. The summed E-state index contributed by atoms with van der Waals surface area (Å²) in [5.41, 5.74) is 0. The van der Waals surface area contributed by atoms with Crippen molar-refractivity contribution in [2.45, 2.75) is 25.6 Å². The highest BCUT2D eigenvalue weighted by Crippen LogP contribution is 2.09. The first-order valence-corrected chi connectivity index (χ1v) is 5.92. The van der Waals surface area contributed by atoms with Crippen molar-refractivity contribution in [3.05, 3.63) is 0 Å². The van der Waals surface area contributed by atoms with Gasteiger partial charge in [0.05, 0.1) is 26.9 Å². The van der Waals surface area contributed by atoms with E-state index in [1.54, 1.807) is 0 Å². The molecule has 1 aliphatic heterocycles. The molecule has 5 nitrogen and oxygen atoms in total. The van der Waals surface area contributed by atoms with Gasteiger partial charge in [0, 0.05) is 0 Å². The highest BCUT2D eigenvalue weighted by molar-refractivity contribution is 6.26. The molecule has 6 heteroatoms. The van der Waals surface area contributed by atoms with Gasteiger partial charge in [-0.2, -0.15) is 0 Å². The van der Waals surface area contributed by atoms with Gasteiger partial charge in [-0.15, -0.1) is 0 Å². The number of hydrogen-bond donors (Lipinski definition) is 0. The third-order valence-electron chi connectivity index (χ3n) is 1.89. The van der Waals surface area contributed by atoms with Gasteiger partial charge >= 0.3 is 9.17 Å². The standard InChI is InChI=1S/C8H16O5Si/c1-3-7(13-14(9)10-2)4-11-5-8-6-12-8/h7-8H,3-6H2,1-2H3. The fourth-order valence-corrected chi connectivity index (χ4v) is 1.52. The van der Waals surface area contributed by atoms with Crippen molar-refractivity contribution < 1.29 is 22.8 Å². The lowest BCUT2D eigenvalue weighted by Crippen LogP contribution is -2.25. The quantitative estimate of drug-likeness (QED) is 0.434. The van der Waals surface area contributed by atoms with Crippen molar-refractivity contribution in [2.24, 2.45) is 0 Å². The summed E-state index contributed by atoms with van der Waals surface area (Å²) in [6, 6.07) is 0. The monoisotopic (exact) mass is 220 g/mol. The molecule has 1 rings (SSSR count). The molecule has 2 atom stereocenters. The van der Waals surface area contributed by atoms with Gasteiger partial charge in [0.15, 0.2) is 0 Å². The Morgan fingerprint density at radius 3 is 2.86 bits per heavy atom. The first-order chi connectivity index (χ1) is 6.76. The van der Waals surface area contributed by atoms with Gasteiger partial charge in [-0.05, 0) is 6.42 Å². The van der Waals surface area contributed by atoms with E-state index in [4.69, 9.17) is 13.9 Å². The van der Waals surface area contributed by atoms with Crippen LogP contribution in [0.4, 0.5) is 0 Å². The Bertz CT molecular complexity index is 183. The molecule has 1 fully saturated rings. The van der Waals surface area contributed by atoms with Gasteiger partial charge in [-0.1, -0.05) is 6.92 Å². The van der Waals surface area contributed by atoms with E-state index in [2.05, 4.69) is 4.43 Å². The molecule has 0 aromatic heterocycles. The van der Waals surface area contributed by atoms with E-state index in [9.17, 15) is 4.46 Å². The second-order valence-electron chi connectivity index (χ2n) is 3.10. The smallest absolute Gasteiger partial charge is 0.499 e. The number of rotatable bonds is 8. The van der Waals surface area contributed by atoms with Crippen molar-refractivity contribution in [1.82, 2.24) is 0 Å². The van der Waals surface area contributed by atoms with Crippen LogP contribution in [0.5, 0.6) is 0 Å². The summed E-state index contributed by atoms with van der Waals surface area (Å²) in [7, 11) is -0.967. The van der Waals surface area contributed by atoms with E-state index in [1.807, 2.05) is 6.92 Å². The van der Waals surface area contributed by atoms with Crippen LogP contribution in [0.15, 0.2) is 0 Å². The zero-order valence-corrected chi connectivity index (χ0v) is 9.52. The largest absolute Gasteiger partial charge is 0.767 e. The summed E-state index contributed by atoms with van der Waals surface area (Å²) in [5.74, 6) is 0. The zero-order chi connectivity index (χ0) is 10.4. The summed E-state index contributed by atoms with van der Waals surface area (Å²) in [6.45, 7) is 3.77. The van der Waals surface area contributed by atoms with Crippen LogP contribution < -0.4 is 0 Å². The zero-order valence-electron chi connectivity index (χ0n) is 8.52. The summed E-state index contributed by atoms with van der Waals surface area (Å²) in [4.78, 5) is 0. The third-order valence-corrected chi connectivity index (χ3v) is 2.75. The highest BCUT2D eigenvalue weighted by Gasteiger charge is 2.23. The molecule has 82 valence electrons. The predicted molar refractivity (Wildman–Crippen MR) is 49.2 cm³/mol. The topological polar surface area (TPSA) is 57.3 Å². The minimum atomic E-state index is -2.34. The molecular weight excluding hydrogens is 204 g/mol. The normalized spacial score (nSPS) is 21.4. The molecule has 14 heavy (non-hydrogen) atoms. The Morgan fingerprint density at radius 1 is 1.64 bits per heavy atom. The van der Waals surface area contributed by atoms with Crippen LogP contribution in [0.3, 0.4) is 0 Å². The van der Waals surface area contributed by atoms with Gasteiger partial charge < -0.3 is 18.3 Å². The van der Waals surface area contributed by atoms with E-state index < -0.39 is 9.17 Å². The molecule has 0 spiro atoms. The molecular formula is C8H16O5Si. The van der Waals surface area contributed by atoms with Crippen LogP contribution in [0, 0.1) is 0 Å². The third kappa shape index (κ3) is 4.68. The fraction of sp³-hybridized carbons (Fsp3) is 1.00. The summed E-state index contributed by atoms with van der Waals surface area (Å²) in [6.07, 6.45) is 0.859. The van der Waals surface area contributed by atoms with E-state index in [-0.39, 0.29) is 12.2 Å². The fourth-order valence-electron chi connectivity index (χ4n) is 0.915. The lowest BCUT2D eigenvalue weighted by molar-refractivity contribution is 0.0242. The van der Waals surface area contributed by atoms with Crippen LogP contribution in [-0.4, -0.2) is 48.3 Å². The minimum Gasteiger partial charge on any atom is -0.499 e. The minimum absolute atomic E-state index is 0.153. The van der Waals surface area contributed by atoms with Crippen LogP contribution in [0.1, 0.15) is 13.3 Å². The Morgan fingerprint density at radius 2 is 2.36 bits per heavy atom. The molecule has 1 saturated heterocycles. The van der Waals surface area contributed by atoms with Crippen LogP contribution in [0.2, 0.25) is 0 Å². The van der Waals surface area contributed by atoms with Crippen LogP contribution in [0.25, 0.3) is 0 Å². The molecule has 2 unspecified atom stereocenters. The van der Waals surface area contributed by atoms with E-state index >= 15 is 0 Å². The maximum atomic E-state index is 11.0. The predicted octanol–water partition coefficient (Wildman–Crippen LogP) is 0.259. The van der Waals surface area contributed by atoms with Crippen molar-refractivity contribution in [1.29, 1.82) is 0 Å². The van der Waals surface area contributed by atoms with Gasteiger partial charge in [-0.25, -0.2) is 0 Å². The van der Waals surface area contributed by atoms with Crippen molar-refractivity contribution in [2.75, 3.05) is 26.9 Å². The number of hydrogen-bond acceptors (Lipinski definition) is 5. The molecule has 0 radical (unpaired) electrons. The molecule has 0 aromatic rings. The van der Waals surface area contributed by atoms with Crippen LogP contribution >= 0.6 is 0 Å². The van der Waals surface area contributed by atoms with E-state index in [0.717, 1.165) is 13.0 Å². The molecule has 0 aliphatic carbocycles. The highest BCUT2D eigenvalue weighted by atomic mass is 28.3. The molecule has 1 aliphatic rings. The van der Waals surface area contributed by atoms with Crippen molar-refractivity contribution in [3.8, 4) is 0 Å². The molecule has 1 heterocycles. The summed E-state index contributed by atoms with van der Waals surface area (Å²) in [5, 5.41) is 0. The van der Waals surface area contributed by atoms with Crippen molar-refractivity contribution >= 4 is 9.17 Å². The van der Waals surface area contributed by atoms with Gasteiger partial charge in [-0.3, -0.25) is 4.46 Å². The first-order valence-electron chi connectivity index (χ1n) is 4.70. The maximum absolute atomic E-state index is 11.0. The second-order valence-corrected chi connectivity index (χ2v) is 4.24. The van der Waals surface area contributed by atoms with E-state index in [0.29, 0.717) is 13.2 Å². The second kappa shape index (κ2) is 6.10. The number of ether oxygens (including phenoxy) is 2. The molecule has 0 amide bonds. The van der Waals surface area contributed by atoms with Crippen LogP contribution in [-0.2, 0) is 22.8 Å². The van der Waals surface area contributed by atoms with Crippen molar-refractivity contribution in [3.63, 3.8) is 0 Å². The maximum Gasteiger partial charge on any atom is 0.767 e. The Labute approximate surface area is 85.2 Å². The lowest BCUT2D eigenvalue weighted by atomic mass is 10.3. The number of epoxide rings is 1.